The highest BCUT2D eigenvalue weighted by molar-refractivity contribution is 7.80. The first-order chi connectivity index (χ1) is 13.8. The summed E-state index contributed by atoms with van der Waals surface area (Å²) in [4.78, 5) is 7.12. The van der Waals surface area contributed by atoms with Gasteiger partial charge in [-0.25, -0.2) is 0 Å². The summed E-state index contributed by atoms with van der Waals surface area (Å²) >= 11 is 5.84. The lowest BCUT2D eigenvalue weighted by Crippen LogP contribution is -2.38. The molecule has 1 aliphatic heterocycles. The number of benzene rings is 1. The van der Waals surface area contributed by atoms with E-state index < -0.39 is 0 Å². The number of thiocarbonyl (C=S) groups is 1. The molecular formula is C23H24N4S. The lowest BCUT2D eigenvalue weighted by Gasteiger charge is -2.33. The zero-order valence-corrected chi connectivity index (χ0v) is 16.6. The number of pyridine rings is 1. The van der Waals surface area contributed by atoms with E-state index in [0.717, 1.165) is 10.8 Å². The standard InChI is InChI=1S/C23H24N4S/c28-23-25-21(19-13-6-7-15-24-19)22(27(23)18-11-4-5-12-18)20-14-8-16-26(20)17-9-2-1-3-10-17/h1-3,6-10,13-16,18,21-22H,4-5,11-12H2,(H,25,28)/t21-,22+/m1/s1. The van der Waals surface area contributed by atoms with E-state index in [4.69, 9.17) is 12.2 Å². The van der Waals surface area contributed by atoms with Crippen LogP contribution >= 0.6 is 12.2 Å². The Labute approximate surface area is 171 Å². The lowest BCUT2D eigenvalue weighted by molar-refractivity contribution is 0.239. The molecule has 1 saturated carbocycles. The Morgan fingerprint density at radius 1 is 0.929 bits per heavy atom. The number of hydrogen-bond acceptors (Lipinski definition) is 2. The predicted octanol–water partition coefficient (Wildman–Crippen LogP) is 4.79. The minimum atomic E-state index is 0.0478. The smallest absolute Gasteiger partial charge is 0.170 e. The number of nitrogens with zero attached hydrogens (tertiary/aromatic N) is 3. The van der Waals surface area contributed by atoms with Crippen molar-refractivity contribution in [1.29, 1.82) is 0 Å². The van der Waals surface area contributed by atoms with Gasteiger partial charge in [0.25, 0.3) is 0 Å². The van der Waals surface area contributed by atoms with Crippen molar-refractivity contribution in [3.8, 4) is 5.69 Å². The third kappa shape index (κ3) is 3.00. The summed E-state index contributed by atoms with van der Waals surface area (Å²) in [7, 11) is 0. The van der Waals surface area contributed by atoms with Gasteiger partial charge in [-0.2, -0.15) is 0 Å². The molecule has 2 aliphatic rings. The Bertz CT molecular complexity index is 947. The molecular weight excluding hydrogens is 364 g/mol. The van der Waals surface area contributed by atoms with E-state index in [2.05, 4.69) is 80.6 Å². The van der Waals surface area contributed by atoms with Crippen molar-refractivity contribution in [2.24, 2.45) is 0 Å². The zero-order chi connectivity index (χ0) is 18.9. The molecule has 28 heavy (non-hydrogen) atoms. The minimum absolute atomic E-state index is 0.0478. The van der Waals surface area contributed by atoms with E-state index >= 15 is 0 Å². The summed E-state index contributed by atoms with van der Waals surface area (Å²) in [6.45, 7) is 0. The second-order valence-electron chi connectivity index (χ2n) is 7.61. The topological polar surface area (TPSA) is 33.1 Å². The fourth-order valence-corrected chi connectivity index (χ4v) is 5.11. The number of aromatic nitrogens is 2. The molecule has 2 fully saturated rings. The molecule has 1 N–H and O–H groups in total. The van der Waals surface area contributed by atoms with Crippen molar-refractivity contribution in [2.75, 3.05) is 0 Å². The Balaban J connectivity index is 1.62. The Hall–Kier alpha value is -2.66. The summed E-state index contributed by atoms with van der Waals surface area (Å²) in [6, 6.07) is 21.7. The quantitative estimate of drug-likeness (QED) is 0.652. The van der Waals surface area contributed by atoms with Crippen LogP contribution in [0, 0.1) is 0 Å². The molecule has 5 heteroatoms. The van der Waals surface area contributed by atoms with Gasteiger partial charge in [0.15, 0.2) is 5.11 Å². The Kier molecular flexibility index (Phi) is 4.61. The molecule has 1 saturated heterocycles. The van der Waals surface area contributed by atoms with Crippen LogP contribution in [-0.2, 0) is 0 Å². The maximum absolute atomic E-state index is 5.84. The predicted molar refractivity (Wildman–Crippen MR) is 115 cm³/mol. The van der Waals surface area contributed by atoms with Gasteiger partial charge in [-0.05, 0) is 61.5 Å². The Morgan fingerprint density at radius 3 is 2.46 bits per heavy atom. The molecule has 3 aromatic rings. The van der Waals surface area contributed by atoms with Crippen LogP contribution in [0.2, 0.25) is 0 Å². The van der Waals surface area contributed by atoms with Crippen molar-refractivity contribution in [2.45, 2.75) is 43.8 Å². The van der Waals surface area contributed by atoms with Gasteiger partial charge in [-0.1, -0.05) is 37.1 Å². The van der Waals surface area contributed by atoms with Crippen molar-refractivity contribution >= 4 is 17.3 Å². The molecule has 1 aromatic carbocycles. The highest BCUT2D eigenvalue weighted by Gasteiger charge is 2.44. The summed E-state index contributed by atoms with van der Waals surface area (Å²) in [5.74, 6) is 0. The van der Waals surface area contributed by atoms with Crippen molar-refractivity contribution in [3.05, 3.63) is 84.4 Å². The largest absolute Gasteiger partial charge is 0.352 e. The van der Waals surface area contributed by atoms with Crippen LogP contribution in [0.25, 0.3) is 5.69 Å². The van der Waals surface area contributed by atoms with Gasteiger partial charge in [0.2, 0.25) is 0 Å². The monoisotopic (exact) mass is 388 g/mol. The highest BCUT2D eigenvalue weighted by atomic mass is 32.1. The first kappa shape index (κ1) is 17.4. The van der Waals surface area contributed by atoms with Gasteiger partial charge in [-0.3, -0.25) is 4.98 Å². The second-order valence-corrected chi connectivity index (χ2v) is 8.00. The van der Waals surface area contributed by atoms with Crippen LogP contribution in [0.15, 0.2) is 73.1 Å². The fraction of sp³-hybridized carbons (Fsp3) is 0.304. The van der Waals surface area contributed by atoms with Crippen molar-refractivity contribution in [1.82, 2.24) is 19.8 Å². The van der Waals surface area contributed by atoms with E-state index in [-0.39, 0.29) is 12.1 Å². The second kappa shape index (κ2) is 7.40. The zero-order valence-electron chi connectivity index (χ0n) is 15.7. The van der Waals surface area contributed by atoms with E-state index in [1.165, 1.54) is 37.1 Å². The van der Waals surface area contributed by atoms with Gasteiger partial charge < -0.3 is 14.8 Å². The molecule has 0 amide bonds. The number of rotatable bonds is 4. The maximum Gasteiger partial charge on any atom is 0.170 e. The highest BCUT2D eigenvalue weighted by Crippen LogP contribution is 2.43. The number of nitrogens with one attached hydrogen (secondary N) is 1. The molecule has 0 bridgehead atoms. The molecule has 0 radical (unpaired) electrons. The molecule has 142 valence electrons. The van der Waals surface area contributed by atoms with Crippen LogP contribution < -0.4 is 5.32 Å². The average molecular weight is 389 g/mol. The summed E-state index contributed by atoms with van der Waals surface area (Å²) in [5, 5.41) is 4.45. The van der Waals surface area contributed by atoms with Gasteiger partial charge in [0.05, 0.1) is 17.8 Å². The van der Waals surface area contributed by atoms with E-state index in [9.17, 15) is 0 Å². The maximum atomic E-state index is 5.84. The average Bonchev–Trinajstić information content (AvgIpc) is 3.48. The SMILES string of the molecule is S=C1N[C@H](c2ccccn2)[C@H](c2cccn2-c2ccccc2)N1C1CCCC1. The summed E-state index contributed by atoms with van der Waals surface area (Å²) < 4.78 is 2.29. The lowest BCUT2D eigenvalue weighted by atomic mass is 9.99. The molecule has 5 rings (SSSR count). The molecule has 2 atom stereocenters. The van der Waals surface area contributed by atoms with Gasteiger partial charge >= 0.3 is 0 Å². The molecule has 1 aliphatic carbocycles. The molecule has 2 aromatic heterocycles. The summed E-state index contributed by atoms with van der Waals surface area (Å²) in [6.07, 6.45) is 8.99. The third-order valence-corrected chi connectivity index (χ3v) is 6.30. The first-order valence-corrected chi connectivity index (χ1v) is 10.5. The van der Waals surface area contributed by atoms with Crippen LogP contribution in [0.4, 0.5) is 0 Å². The van der Waals surface area contributed by atoms with Crippen molar-refractivity contribution in [3.63, 3.8) is 0 Å². The fourth-order valence-electron chi connectivity index (χ4n) is 4.72. The van der Waals surface area contributed by atoms with Crippen molar-refractivity contribution < 1.29 is 0 Å². The third-order valence-electron chi connectivity index (χ3n) is 5.97. The van der Waals surface area contributed by atoms with Crippen LogP contribution in [0.5, 0.6) is 0 Å². The summed E-state index contributed by atoms with van der Waals surface area (Å²) in [5.41, 5.74) is 3.46. The van der Waals surface area contributed by atoms with Gasteiger partial charge in [0, 0.05) is 29.8 Å². The van der Waals surface area contributed by atoms with Crippen LogP contribution in [0.3, 0.4) is 0 Å². The Morgan fingerprint density at radius 2 is 1.71 bits per heavy atom. The number of para-hydroxylation sites is 1. The van der Waals surface area contributed by atoms with E-state index in [1.54, 1.807) is 0 Å². The van der Waals surface area contributed by atoms with E-state index in [1.807, 2.05) is 12.3 Å². The molecule has 3 heterocycles. The van der Waals surface area contributed by atoms with Gasteiger partial charge in [0.1, 0.15) is 0 Å². The minimum Gasteiger partial charge on any atom is -0.352 e. The first-order valence-electron chi connectivity index (χ1n) is 10.1. The van der Waals surface area contributed by atoms with E-state index in [0.29, 0.717) is 6.04 Å². The molecule has 0 unspecified atom stereocenters. The molecule has 4 nitrogen and oxygen atoms in total. The number of hydrogen-bond donors (Lipinski definition) is 1. The van der Waals surface area contributed by atoms with Crippen LogP contribution in [0.1, 0.15) is 49.2 Å². The van der Waals surface area contributed by atoms with Gasteiger partial charge in [-0.15, -0.1) is 0 Å². The van der Waals surface area contributed by atoms with Crippen LogP contribution in [-0.4, -0.2) is 25.6 Å². The normalized spacial score (nSPS) is 22.6. The molecule has 0 spiro atoms.